The Hall–Kier alpha value is -1.66. The molecule has 2 heterocycles. The number of furan rings is 1. The molecule has 1 aromatic rings. The topological polar surface area (TPSA) is 74.6 Å². The van der Waals surface area contributed by atoms with Crippen molar-refractivity contribution >= 4 is 11.7 Å². The minimum absolute atomic E-state index is 0.0994. The highest BCUT2D eigenvalue weighted by molar-refractivity contribution is 6.03. The van der Waals surface area contributed by atoms with Gasteiger partial charge in [-0.05, 0) is 13.3 Å². The Morgan fingerprint density at radius 2 is 2.09 bits per heavy atom. The number of hydrogen-bond donors (Lipinski definition) is 2. The van der Waals surface area contributed by atoms with Gasteiger partial charge in [0.05, 0.1) is 5.56 Å². The zero-order valence-electron chi connectivity index (χ0n) is 13.0. The number of piperazine rings is 1. The fourth-order valence-electron chi connectivity index (χ4n) is 3.21. The number of rotatable bonds is 4. The minimum Gasteiger partial charge on any atom is -0.455 e. The highest BCUT2D eigenvalue weighted by Crippen LogP contribution is 2.29. The van der Waals surface area contributed by atoms with E-state index in [1.54, 1.807) is 6.92 Å². The third-order valence-corrected chi connectivity index (χ3v) is 4.44. The van der Waals surface area contributed by atoms with Gasteiger partial charge in [0.25, 0.3) is 5.91 Å². The molecule has 3 rings (SSSR count). The summed E-state index contributed by atoms with van der Waals surface area (Å²) in [5.41, 5.74) is 1.33. The molecule has 1 amide bonds. The number of amides is 1. The number of carbonyl (C=O) groups excluding carboxylic acids is 2. The van der Waals surface area contributed by atoms with Gasteiger partial charge in [-0.3, -0.25) is 14.5 Å². The van der Waals surface area contributed by atoms with E-state index in [-0.39, 0.29) is 11.7 Å². The molecule has 0 atom stereocenters. The van der Waals surface area contributed by atoms with Gasteiger partial charge >= 0.3 is 0 Å². The van der Waals surface area contributed by atoms with E-state index in [9.17, 15) is 9.59 Å². The van der Waals surface area contributed by atoms with Crippen LogP contribution in [0, 0.1) is 6.92 Å². The first-order chi connectivity index (χ1) is 10.7. The van der Waals surface area contributed by atoms with Crippen LogP contribution in [0.25, 0.3) is 0 Å². The third-order valence-electron chi connectivity index (χ3n) is 4.44. The summed E-state index contributed by atoms with van der Waals surface area (Å²) in [7, 11) is 0. The Balaban J connectivity index is 1.59. The van der Waals surface area contributed by atoms with Gasteiger partial charge in [-0.15, -0.1) is 0 Å². The van der Waals surface area contributed by atoms with Gasteiger partial charge in [0.1, 0.15) is 5.76 Å². The van der Waals surface area contributed by atoms with Crippen molar-refractivity contribution in [3.05, 3.63) is 22.6 Å². The lowest BCUT2D eigenvalue weighted by molar-refractivity contribution is 0.0913. The van der Waals surface area contributed by atoms with Gasteiger partial charge in [0.2, 0.25) is 0 Å². The Bertz CT molecular complexity index is 573. The molecule has 0 unspecified atom stereocenters. The summed E-state index contributed by atoms with van der Waals surface area (Å²) in [6, 6.07) is 0. The van der Waals surface area contributed by atoms with Gasteiger partial charge in [-0.2, -0.15) is 0 Å². The monoisotopic (exact) mass is 305 g/mol. The van der Waals surface area contributed by atoms with E-state index >= 15 is 0 Å². The van der Waals surface area contributed by atoms with Gasteiger partial charge in [0.15, 0.2) is 11.5 Å². The van der Waals surface area contributed by atoms with Crippen molar-refractivity contribution in [3.8, 4) is 0 Å². The highest BCUT2D eigenvalue weighted by Gasteiger charge is 2.28. The number of ketones is 1. The molecule has 120 valence electrons. The van der Waals surface area contributed by atoms with Crippen molar-refractivity contribution in [1.29, 1.82) is 0 Å². The summed E-state index contributed by atoms with van der Waals surface area (Å²) in [5, 5.41) is 6.21. The van der Waals surface area contributed by atoms with Gasteiger partial charge in [-0.1, -0.05) is 0 Å². The molecule has 0 spiro atoms. The van der Waals surface area contributed by atoms with E-state index < -0.39 is 0 Å². The lowest BCUT2D eigenvalue weighted by Gasteiger charge is -2.26. The predicted molar refractivity (Wildman–Crippen MR) is 82.4 cm³/mol. The standard InChI is InChI=1S/C16H23N3O3/c1-11-14-12(20)3-2-4-13(14)22-15(11)16(21)18-7-10-19-8-5-17-6-9-19/h17H,2-10H2,1H3,(H,18,21). The maximum Gasteiger partial charge on any atom is 0.287 e. The first-order valence-electron chi connectivity index (χ1n) is 8.03. The molecule has 1 aliphatic carbocycles. The van der Waals surface area contributed by atoms with Gasteiger partial charge in [0, 0.05) is 57.7 Å². The molecule has 1 aliphatic heterocycles. The average molecular weight is 305 g/mol. The van der Waals surface area contributed by atoms with Crippen molar-refractivity contribution in [2.24, 2.45) is 0 Å². The summed E-state index contributed by atoms with van der Waals surface area (Å²) in [6.45, 7) is 7.26. The number of nitrogens with one attached hydrogen (secondary N) is 2. The molecule has 22 heavy (non-hydrogen) atoms. The zero-order valence-corrected chi connectivity index (χ0v) is 13.0. The maximum absolute atomic E-state index is 12.3. The molecular formula is C16H23N3O3. The Morgan fingerprint density at radius 3 is 2.82 bits per heavy atom. The van der Waals surface area contributed by atoms with E-state index in [0.29, 0.717) is 35.6 Å². The van der Waals surface area contributed by atoms with Crippen LogP contribution < -0.4 is 10.6 Å². The molecule has 0 saturated carbocycles. The van der Waals surface area contributed by atoms with Crippen molar-refractivity contribution in [2.45, 2.75) is 26.2 Å². The molecular weight excluding hydrogens is 282 g/mol. The van der Waals surface area contributed by atoms with Crippen LogP contribution in [0.2, 0.25) is 0 Å². The summed E-state index contributed by atoms with van der Waals surface area (Å²) in [6.07, 6.45) is 2.11. The second-order valence-corrected chi connectivity index (χ2v) is 5.98. The second kappa shape index (κ2) is 6.62. The average Bonchev–Trinajstić information content (AvgIpc) is 2.87. The molecule has 6 heteroatoms. The van der Waals surface area contributed by atoms with E-state index in [1.165, 1.54) is 0 Å². The van der Waals surface area contributed by atoms with Crippen LogP contribution in [-0.2, 0) is 6.42 Å². The summed E-state index contributed by atoms with van der Waals surface area (Å²) in [5.74, 6) is 0.874. The quantitative estimate of drug-likeness (QED) is 0.858. The molecule has 0 radical (unpaired) electrons. The van der Waals surface area contributed by atoms with Crippen molar-refractivity contribution in [1.82, 2.24) is 15.5 Å². The zero-order chi connectivity index (χ0) is 15.5. The first kappa shape index (κ1) is 15.2. The molecule has 2 N–H and O–H groups in total. The molecule has 2 aliphatic rings. The second-order valence-electron chi connectivity index (χ2n) is 5.98. The molecule has 0 aromatic carbocycles. The lowest BCUT2D eigenvalue weighted by atomic mass is 9.94. The van der Waals surface area contributed by atoms with Crippen LogP contribution in [0.3, 0.4) is 0 Å². The number of carbonyl (C=O) groups is 2. The van der Waals surface area contributed by atoms with Gasteiger partial charge in [-0.25, -0.2) is 0 Å². The highest BCUT2D eigenvalue weighted by atomic mass is 16.4. The minimum atomic E-state index is -0.213. The lowest BCUT2D eigenvalue weighted by Crippen LogP contribution is -2.46. The Labute approximate surface area is 130 Å². The Kier molecular flexibility index (Phi) is 4.59. The number of Topliss-reactive ketones (excluding diaryl/α,β-unsaturated/α-hetero) is 1. The normalized spacial score (nSPS) is 19.0. The predicted octanol–water partition coefficient (Wildman–Crippen LogP) is 0.742. The summed E-state index contributed by atoms with van der Waals surface area (Å²) >= 11 is 0. The van der Waals surface area contributed by atoms with Crippen LogP contribution in [-0.4, -0.2) is 55.9 Å². The third kappa shape index (κ3) is 3.08. The fourth-order valence-corrected chi connectivity index (χ4v) is 3.21. The maximum atomic E-state index is 12.3. The summed E-state index contributed by atoms with van der Waals surface area (Å²) in [4.78, 5) is 26.6. The van der Waals surface area contributed by atoms with E-state index in [2.05, 4.69) is 15.5 Å². The molecule has 1 fully saturated rings. The molecule has 0 bridgehead atoms. The van der Waals surface area contributed by atoms with Crippen molar-refractivity contribution in [3.63, 3.8) is 0 Å². The number of fused-ring (bicyclic) bond motifs is 1. The molecule has 1 aromatic heterocycles. The SMILES string of the molecule is Cc1c(C(=O)NCCN2CCNCC2)oc2c1C(=O)CCC2. The van der Waals surface area contributed by atoms with Gasteiger partial charge < -0.3 is 15.1 Å². The Morgan fingerprint density at radius 1 is 1.32 bits per heavy atom. The van der Waals surface area contributed by atoms with Crippen molar-refractivity contribution < 1.29 is 14.0 Å². The first-order valence-corrected chi connectivity index (χ1v) is 8.03. The number of hydrogen-bond acceptors (Lipinski definition) is 5. The summed E-state index contributed by atoms with van der Waals surface area (Å²) < 4.78 is 5.66. The fraction of sp³-hybridized carbons (Fsp3) is 0.625. The van der Waals surface area contributed by atoms with Crippen LogP contribution in [0.1, 0.15) is 45.1 Å². The van der Waals surface area contributed by atoms with Crippen LogP contribution in [0.5, 0.6) is 0 Å². The van der Waals surface area contributed by atoms with E-state index in [1.807, 2.05) is 0 Å². The van der Waals surface area contributed by atoms with E-state index in [4.69, 9.17) is 4.42 Å². The van der Waals surface area contributed by atoms with Crippen LogP contribution in [0.15, 0.2) is 4.42 Å². The smallest absolute Gasteiger partial charge is 0.287 e. The van der Waals surface area contributed by atoms with Crippen LogP contribution in [0.4, 0.5) is 0 Å². The molecule has 6 nitrogen and oxygen atoms in total. The van der Waals surface area contributed by atoms with E-state index in [0.717, 1.165) is 45.6 Å². The largest absolute Gasteiger partial charge is 0.455 e. The number of nitrogens with zero attached hydrogens (tertiary/aromatic N) is 1. The van der Waals surface area contributed by atoms with Crippen LogP contribution >= 0.6 is 0 Å². The van der Waals surface area contributed by atoms with Crippen molar-refractivity contribution in [2.75, 3.05) is 39.3 Å². The molecule has 1 saturated heterocycles. The number of aryl methyl sites for hydroxylation is 1.